The summed E-state index contributed by atoms with van der Waals surface area (Å²) in [7, 11) is 3.26. The van der Waals surface area contributed by atoms with Gasteiger partial charge in [0.25, 0.3) is 0 Å². The Bertz CT molecular complexity index is 1390. The van der Waals surface area contributed by atoms with Gasteiger partial charge >= 0.3 is 6.01 Å². The van der Waals surface area contributed by atoms with Crippen LogP contribution in [0.3, 0.4) is 0 Å². The summed E-state index contributed by atoms with van der Waals surface area (Å²) in [5.74, 6) is 1.88. The van der Waals surface area contributed by atoms with Crippen LogP contribution in [0.4, 0.5) is 11.7 Å². The Labute approximate surface area is 216 Å². The largest absolute Gasteiger partial charge is 0.497 e. The average Bonchev–Trinajstić information content (AvgIpc) is 3.44. The molecule has 2 aliphatic rings. The number of methoxy groups -OCH3 is 2. The van der Waals surface area contributed by atoms with Crippen LogP contribution < -0.4 is 19.3 Å². The Morgan fingerprint density at radius 2 is 1.68 bits per heavy atom. The van der Waals surface area contributed by atoms with Crippen molar-refractivity contribution in [1.82, 2.24) is 15.1 Å². The molecule has 6 rings (SSSR count). The Morgan fingerprint density at radius 1 is 0.919 bits per heavy atom. The molecule has 0 N–H and O–H groups in total. The number of aryl methyl sites for hydroxylation is 1. The van der Waals surface area contributed by atoms with E-state index < -0.39 is 0 Å². The zero-order chi connectivity index (χ0) is 25.4. The van der Waals surface area contributed by atoms with Crippen LogP contribution in [0.2, 0.25) is 0 Å². The Morgan fingerprint density at radius 3 is 2.41 bits per heavy atom. The molecule has 0 atom stereocenters. The molecule has 2 aromatic heterocycles. The first-order valence-corrected chi connectivity index (χ1v) is 12.6. The number of pyridine rings is 1. The number of nitrogens with zero attached hydrogens (tertiary/aromatic N) is 5. The number of hydrogen-bond acceptors (Lipinski definition) is 8. The van der Waals surface area contributed by atoms with Crippen LogP contribution in [-0.4, -0.2) is 49.0 Å². The molecule has 0 unspecified atom stereocenters. The summed E-state index contributed by atoms with van der Waals surface area (Å²) in [5.41, 5.74) is 5.89. The first-order chi connectivity index (χ1) is 18.1. The summed E-state index contributed by atoms with van der Waals surface area (Å²) in [4.78, 5) is 13.9. The van der Waals surface area contributed by atoms with E-state index in [0.717, 1.165) is 50.3 Å². The number of hydrogen-bond donors (Lipinski definition) is 0. The second kappa shape index (κ2) is 9.42. The van der Waals surface area contributed by atoms with Gasteiger partial charge in [-0.2, -0.15) is 4.98 Å². The van der Waals surface area contributed by atoms with E-state index in [0.29, 0.717) is 23.3 Å². The summed E-state index contributed by atoms with van der Waals surface area (Å²) in [6.07, 6.45) is 4.00. The van der Waals surface area contributed by atoms with E-state index in [-0.39, 0.29) is 5.41 Å². The molecule has 37 heavy (non-hydrogen) atoms. The number of fused-ring (bicyclic) bond motifs is 2. The third-order valence-electron chi connectivity index (χ3n) is 7.70. The summed E-state index contributed by atoms with van der Waals surface area (Å²) < 4.78 is 16.7. The number of piperidine rings is 1. The van der Waals surface area contributed by atoms with Crippen molar-refractivity contribution in [3.63, 3.8) is 0 Å². The van der Waals surface area contributed by atoms with Crippen molar-refractivity contribution in [2.75, 3.05) is 43.7 Å². The van der Waals surface area contributed by atoms with Crippen LogP contribution in [0.1, 0.15) is 29.7 Å². The standard InChI is InChI=1S/C29H31N5O3/c1-20-14-23(8-11-30-20)33-12-9-29(10-13-33)19-34(18-21-6-4-5-7-26(21)29)28-31-27(32-37-28)22-15-24(35-2)17-25(16-22)36-3/h4-8,11,14-17H,9-10,12-13,18-19H2,1-3H3. The van der Waals surface area contributed by atoms with Crippen LogP contribution in [0.15, 0.2) is 65.3 Å². The van der Waals surface area contributed by atoms with Crippen LogP contribution >= 0.6 is 0 Å². The Kier molecular flexibility index (Phi) is 5.94. The van der Waals surface area contributed by atoms with Gasteiger partial charge in [0, 0.05) is 60.8 Å². The zero-order valence-corrected chi connectivity index (χ0v) is 21.5. The highest BCUT2D eigenvalue weighted by Gasteiger charge is 2.43. The molecule has 0 aliphatic carbocycles. The van der Waals surface area contributed by atoms with Crippen LogP contribution in [-0.2, 0) is 12.0 Å². The van der Waals surface area contributed by atoms with Gasteiger partial charge in [0.2, 0.25) is 5.82 Å². The maximum atomic E-state index is 5.82. The third kappa shape index (κ3) is 4.37. The highest BCUT2D eigenvalue weighted by molar-refractivity contribution is 5.62. The number of rotatable bonds is 5. The molecule has 4 heterocycles. The highest BCUT2D eigenvalue weighted by atomic mass is 16.5. The van der Waals surface area contributed by atoms with Crippen molar-refractivity contribution in [3.05, 3.63) is 77.6 Å². The van der Waals surface area contributed by atoms with Gasteiger partial charge in [-0.05, 0) is 55.2 Å². The minimum absolute atomic E-state index is 0.0290. The lowest BCUT2D eigenvalue weighted by molar-refractivity contribution is 0.302. The van der Waals surface area contributed by atoms with E-state index in [9.17, 15) is 0 Å². The molecule has 4 aromatic rings. The van der Waals surface area contributed by atoms with E-state index >= 15 is 0 Å². The van der Waals surface area contributed by atoms with Crippen molar-refractivity contribution in [2.45, 2.75) is 31.7 Å². The van der Waals surface area contributed by atoms with Gasteiger partial charge < -0.3 is 23.8 Å². The molecule has 8 heteroatoms. The van der Waals surface area contributed by atoms with Crippen LogP contribution in [0.5, 0.6) is 11.5 Å². The van der Waals surface area contributed by atoms with Gasteiger partial charge in [0.15, 0.2) is 0 Å². The second-order valence-electron chi connectivity index (χ2n) is 9.94. The summed E-state index contributed by atoms with van der Waals surface area (Å²) >= 11 is 0. The first kappa shape index (κ1) is 23.3. The lowest BCUT2D eigenvalue weighted by atomic mass is 9.69. The predicted molar refractivity (Wildman–Crippen MR) is 142 cm³/mol. The average molecular weight is 498 g/mol. The molecule has 1 fully saturated rings. The summed E-state index contributed by atoms with van der Waals surface area (Å²) in [5, 5.41) is 4.31. The fourth-order valence-corrected chi connectivity index (χ4v) is 5.77. The summed E-state index contributed by atoms with van der Waals surface area (Å²) in [6, 6.07) is 19.2. The van der Waals surface area contributed by atoms with Gasteiger partial charge in [0.1, 0.15) is 11.5 Å². The van der Waals surface area contributed by atoms with Crippen molar-refractivity contribution in [1.29, 1.82) is 0 Å². The fraction of sp³-hybridized carbons (Fsp3) is 0.345. The van der Waals surface area contributed by atoms with Gasteiger partial charge in [-0.1, -0.05) is 29.4 Å². The van der Waals surface area contributed by atoms with Crippen molar-refractivity contribution >= 4 is 11.7 Å². The van der Waals surface area contributed by atoms with Crippen molar-refractivity contribution < 1.29 is 14.0 Å². The normalized spacial score (nSPS) is 16.5. The lowest BCUT2D eigenvalue weighted by Crippen LogP contribution is -2.52. The molecular formula is C29H31N5O3. The molecule has 1 saturated heterocycles. The van der Waals surface area contributed by atoms with Gasteiger partial charge in [0.05, 0.1) is 14.2 Å². The summed E-state index contributed by atoms with van der Waals surface area (Å²) in [6.45, 7) is 5.61. The molecule has 8 nitrogen and oxygen atoms in total. The maximum Gasteiger partial charge on any atom is 0.324 e. The quantitative estimate of drug-likeness (QED) is 0.381. The SMILES string of the molecule is COc1cc(OC)cc(-c2noc(N3Cc4ccccc4C4(CCN(c5ccnc(C)c5)CC4)C3)n2)c1. The molecule has 0 radical (unpaired) electrons. The highest BCUT2D eigenvalue weighted by Crippen LogP contribution is 2.43. The maximum absolute atomic E-state index is 5.82. The minimum atomic E-state index is 0.0290. The third-order valence-corrected chi connectivity index (χ3v) is 7.70. The predicted octanol–water partition coefficient (Wildman–Crippen LogP) is 5.02. The van der Waals surface area contributed by atoms with Crippen molar-refractivity contribution in [3.8, 4) is 22.9 Å². The minimum Gasteiger partial charge on any atom is -0.497 e. The number of ether oxygens (including phenoxy) is 2. The second-order valence-corrected chi connectivity index (χ2v) is 9.94. The van der Waals surface area contributed by atoms with E-state index in [1.54, 1.807) is 14.2 Å². The molecule has 0 amide bonds. The smallest absolute Gasteiger partial charge is 0.324 e. The molecule has 1 spiro atoms. The van der Waals surface area contributed by atoms with Crippen molar-refractivity contribution in [2.24, 2.45) is 0 Å². The molecule has 0 saturated carbocycles. The fourth-order valence-electron chi connectivity index (χ4n) is 5.77. The molecular weight excluding hydrogens is 466 g/mol. The Hall–Kier alpha value is -4.07. The molecule has 2 aliphatic heterocycles. The van der Waals surface area contributed by atoms with Crippen LogP contribution in [0, 0.1) is 6.92 Å². The van der Waals surface area contributed by atoms with E-state index in [1.165, 1.54) is 16.8 Å². The van der Waals surface area contributed by atoms with Gasteiger partial charge in [-0.15, -0.1) is 0 Å². The van der Waals surface area contributed by atoms with E-state index in [2.05, 4.69) is 56.3 Å². The number of anilines is 2. The monoisotopic (exact) mass is 497 g/mol. The van der Waals surface area contributed by atoms with E-state index in [1.807, 2.05) is 31.3 Å². The Balaban J connectivity index is 1.28. The number of benzene rings is 2. The first-order valence-electron chi connectivity index (χ1n) is 12.6. The van der Waals surface area contributed by atoms with Gasteiger partial charge in [-0.25, -0.2) is 0 Å². The molecule has 2 aromatic carbocycles. The lowest BCUT2D eigenvalue weighted by Gasteiger charge is -2.48. The van der Waals surface area contributed by atoms with E-state index in [4.69, 9.17) is 19.0 Å². The number of aromatic nitrogens is 3. The van der Waals surface area contributed by atoms with Gasteiger partial charge in [-0.3, -0.25) is 4.98 Å². The zero-order valence-electron chi connectivity index (χ0n) is 21.5. The van der Waals surface area contributed by atoms with Crippen LogP contribution in [0.25, 0.3) is 11.4 Å². The topological polar surface area (TPSA) is 76.8 Å². The molecule has 0 bridgehead atoms. The molecule has 190 valence electrons.